The monoisotopic (exact) mass is 278 g/mol. The van der Waals surface area contributed by atoms with E-state index >= 15 is 0 Å². The molecule has 1 nitrogen and oxygen atoms in total. The van der Waals surface area contributed by atoms with Gasteiger partial charge in [0.25, 0.3) is 0 Å². The standard InChI is InChI=1S/C17H26OS/c1-12(19-17(5,6)7)13-8-10-14(11-9-13)15(18)16(2,3)4/h8-12H,1-7H3. The molecule has 1 atom stereocenters. The summed E-state index contributed by atoms with van der Waals surface area (Å²) in [6, 6.07) is 8.09. The molecule has 0 saturated carbocycles. The highest BCUT2D eigenvalue weighted by molar-refractivity contribution is 8.00. The van der Waals surface area contributed by atoms with Gasteiger partial charge in [-0.15, -0.1) is 11.8 Å². The van der Waals surface area contributed by atoms with Crippen molar-refractivity contribution < 1.29 is 4.79 Å². The number of benzene rings is 1. The first kappa shape index (κ1) is 16.3. The van der Waals surface area contributed by atoms with Crippen LogP contribution in [0.1, 0.15) is 69.6 Å². The van der Waals surface area contributed by atoms with Crippen molar-refractivity contribution in [2.45, 2.75) is 58.5 Å². The van der Waals surface area contributed by atoms with Crippen molar-refractivity contribution in [3.8, 4) is 0 Å². The zero-order chi connectivity index (χ0) is 14.8. The van der Waals surface area contributed by atoms with Crippen LogP contribution in [0, 0.1) is 5.41 Å². The average molecular weight is 278 g/mol. The zero-order valence-corrected chi connectivity index (χ0v) is 14.0. The summed E-state index contributed by atoms with van der Waals surface area (Å²) in [6.07, 6.45) is 0. The van der Waals surface area contributed by atoms with Gasteiger partial charge >= 0.3 is 0 Å². The predicted molar refractivity (Wildman–Crippen MR) is 86.0 cm³/mol. The smallest absolute Gasteiger partial charge is 0.168 e. The molecule has 0 fully saturated rings. The molecule has 0 bridgehead atoms. The van der Waals surface area contributed by atoms with Gasteiger partial charge in [0.1, 0.15) is 0 Å². The van der Waals surface area contributed by atoms with Crippen LogP contribution < -0.4 is 0 Å². The van der Waals surface area contributed by atoms with Gasteiger partial charge in [0.2, 0.25) is 0 Å². The van der Waals surface area contributed by atoms with Crippen LogP contribution in [0.25, 0.3) is 0 Å². The quantitative estimate of drug-likeness (QED) is 0.678. The Bertz CT molecular complexity index is 432. The molecule has 19 heavy (non-hydrogen) atoms. The zero-order valence-electron chi connectivity index (χ0n) is 13.2. The number of rotatable bonds is 3. The number of Topliss-reactive ketones (excluding diaryl/α,β-unsaturated/α-hetero) is 1. The van der Waals surface area contributed by atoms with Crippen molar-refractivity contribution in [2.75, 3.05) is 0 Å². The van der Waals surface area contributed by atoms with Crippen LogP contribution in [0.4, 0.5) is 0 Å². The molecule has 1 aromatic rings. The maximum absolute atomic E-state index is 12.2. The molecule has 0 aliphatic heterocycles. The minimum Gasteiger partial charge on any atom is -0.294 e. The van der Waals surface area contributed by atoms with E-state index in [1.807, 2.05) is 44.7 Å². The highest BCUT2D eigenvalue weighted by atomic mass is 32.2. The maximum atomic E-state index is 12.2. The lowest BCUT2D eigenvalue weighted by Gasteiger charge is -2.23. The van der Waals surface area contributed by atoms with Gasteiger partial charge in [-0.25, -0.2) is 0 Å². The number of ketones is 1. The van der Waals surface area contributed by atoms with E-state index in [-0.39, 0.29) is 15.9 Å². The second-order valence-electron chi connectivity index (χ2n) is 7.07. The first-order valence-electron chi connectivity index (χ1n) is 6.83. The summed E-state index contributed by atoms with van der Waals surface area (Å²) in [7, 11) is 0. The van der Waals surface area contributed by atoms with E-state index in [2.05, 4.69) is 39.8 Å². The molecule has 1 rings (SSSR count). The Balaban J connectivity index is 2.85. The van der Waals surface area contributed by atoms with Gasteiger partial charge in [-0.1, -0.05) is 65.8 Å². The molecule has 0 spiro atoms. The van der Waals surface area contributed by atoms with Crippen molar-refractivity contribution in [3.63, 3.8) is 0 Å². The van der Waals surface area contributed by atoms with E-state index in [9.17, 15) is 4.79 Å². The van der Waals surface area contributed by atoms with Crippen LogP contribution in [0.5, 0.6) is 0 Å². The van der Waals surface area contributed by atoms with Gasteiger partial charge in [-0.05, 0) is 12.5 Å². The minimum absolute atomic E-state index is 0.204. The lowest BCUT2D eigenvalue weighted by atomic mass is 9.86. The van der Waals surface area contributed by atoms with E-state index in [4.69, 9.17) is 0 Å². The maximum Gasteiger partial charge on any atom is 0.168 e. The van der Waals surface area contributed by atoms with Gasteiger partial charge in [0, 0.05) is 21.0 Å². The van der Waals surface area contributed by atoms with E-state index in [0.717, 1.165) is 5.56 Å². The van der Waals surface area contributed by atoms with Crippen molar-refractivity contribution >= 4 is 17.5 Å². The van der Waals surface area contributed by atoms with Gasteiger partial charge in [0.15, 0.2) is 5.78 Å². The summed E-state index contributed by atoms with van der Waals surface area (Å²) in [4.78, 5) is 12.2. The van der Waals surface area contributed by atoms with Gasteiger partial charge in [-0.2, -0.15) is 0 Å². The molecule has 106 valence electrons. The fourth-order valence-electron chi connectivity index (χ4n) is 1.94. The summed E-state index contributed by atoms with van der Waals surface area (Å²) in [5, 5.41) is 0.443. The van der Waals surface area contributed by atoms with Crippen molar-refractivity contribution in [1.29, 1.82) is 0 Å². The summed E-state index contributed by atoms with van der Waals surface area (Å²) in [5.41, 5.74) is 1.78. The Kier molecular flexibility index (Phi) is 4.89. The molecule has 1 unspecified atom stereocenters. The third-order valence-corrected chi connectivity index (χ3v) is 4.19. The second-order valence-corrected chi connectivity index (χ2v) is 9.24. The molecule has 0 aromatic heterocycles. The molecule has 1 aromatic carbocycles. The van der Waals surface area contributed by atoms with Crippen LogP contribution in [0.2, 0.25) is 0 Å². The van der Waals surface area contributed by atoms with Crippen molar-refractivity contribution in [3.05, 3.63) is 35.4 Å². The van der Waals surface area contributed by atoms with E-state index in [0.29, 0.717) is 5.25 Å². The molecule has 0 radical (unpaired) electrons. The lowest BCUT2D eigenvalue weighted by Crippen LogP contribution is -2.20. The molecular formula is C17H26OS. The average Bonchev–Trinajstić information content (AvgIpc) is 2.24. The highest BCUT2D eigenvalue weighted by Crippen LogP contribution is 2.38. The molecule has 0 heterocycles. The van der Waals surface area contributed by atoms with Crippen LogP contribution in [0.15, 0.2) is 24.3 Å². The normalized spacial score (nSPS) is 14.3. The number of carbonyl (C=O) groups is 1. The van der Waals surface area contributed by atoms with Crippen molar-refractivity contribution in [2.24, 2.45) is 5.41 Å². The van der Waals surface area contributed by atoms with Gasteiger partial charge < -0.3 is 0 Å². The number of thioether (sulfide) groups is 1. The number of hydrogen-bond acceptors (Lipinski definition) is 2. The Morgan fingerprint density at radius 3 is 1.84 bits per heavy atom. The Hall–Kier alpha value is -0.760. The minimum atomic E-state index is -0.312. The third-order valence-electron chi connectivity index (χ3n) is 2.85. The van der Waals surface area contributed by atoms with E-state index in [1.54, 1.807) is 0 Å². The molecule has 2 heteroatoms. The SMILES string of the molecule is CC(SC(C)(C)C)c1ccc(C(=O)C(C)(C)C)cc1. The first-order valence-corrected chi connectivity index (χ1v) is 7.71. The van der Waals surface area contributed by atoms with Gasteiger partial charge in [-0.3, -0.25) is 4.79 Å². The molecular weight excluding hydrogens is 252 g/mol. The Labute approximate surface area is 122 Å². The van der Waals surface area contributed by atoms with E-state index in [1.165, 1.54) is 5.56 Å². The lowest BCUT2D eigenvalue weighted by molar-refractivity contribution is 0.0858. The number of hydrogen-bond donors (Lipinski definition) is 0. The van der Waals surface area contributed by atoms with Crippen molar-refractivity contribution in [1.82, 2.24) is 0 Å². The molecule has 0 aliphatic carbocycles. The fourth-order valence-corrected chi connectivity index (χ4v) is 3.29. The first-order chi connectivity index (χ1) is 8.50. The van der Waals surface area contributed by atoms with Crippen LogP contribution in [-0.2, 0) is 0 Å². The third kappa shape index (κ3) is 5.02. The topological polar surface area (TPSA) is 17.1 Å². The summed E-state index contributed by atoms with van der Waals surface area (Å²) in [5.74, 6) is 0.204. The van der Waals surface area contributed by atoms with Crippen LogP contribution >= 0.6 is 11.8 Å². The van der Waals surface area contributed by atoms with E-state index < -0.39 is 0 Å². The molecule has 0 saturated heterocycles. The number of carbonyl (C=O) groups excluding carboxylic acids is 1. The Morgan fingerprint density at radius 1 is 1.00 bits per heavy atom. The van der Waals surface area contributed by atoms with Gasteiger partial charge in [0.05, 0.1) is 0 Å². The largest absolute Gasteiger partial charge is 0.294 e. The molecule has 0 aliphatic rings. The molecule has 0 amide bonds. The molecule has 0 N–H and O–H groups in total. The van der Waals surface area contributed by atoms with Crippen LogP contribution in [0.3, 0.4) is 0 Å². The highest BCUT2D eigenvalue weighted by Gasteiger charge is 2.23. The summed E-state index contributed by atoms with van der Waals surface area (Å²) >= 11 is 1.94. The Morgan fingerprint density at radius 2 is 1.47 bits per heavy atom. The fraction of sp³-hybridized carbons (Fsp3) is 0.588. The summed E-state index contributed by atoms with van der Waals surface area (Å²) in [6.45, 7) is 14.8. The van der Waals surface area contributed by atoms with Crippen LogP contribution in [-0.4, -0.2) is 10.5 Å². The second kappa shape index (κ2) is 5.70. The summed E-state index contributed by atoms with van der Waals surface area (Å²) < 4.78 is 0.249. The predicted octanol–water partition coefficient (Wildman–Crippen LogP) is 5.51.